The quantitative estimate of drug-likeness (QED) is 0.515. The molecular formula is C9H10F2O4. The summed E-state index contributed by atoms with van der Waals surface area (Å²) in [4.78, 5) is 21.8. The molecule has 4 nitrogen and oxygen atoms in total. The van der Waals surface area contributed by atoms with E-state index in [1.54, 1.807) is 0 Å². The fourth-order valence-corrected chi connectivity index (χ4v) is 0.986. The Morgan fingerprint density at radius 1 is 1.60 bits per heavy atom. The number of esters is 2. The van der Waals surface area contributed by atoms with Crippen LogP contribution in [0.3, 0.4) is 0 Å². The third-order valence-electron chi connectivity index (χ3n) is 2.07. The molecule has 1 saturated heterocycles. The largest absolute Gasteiger partial charge is 0.457 e. The summed E-state index contributed by atoms with van der Waals surface area (Å²) in [6.45, 7) is 4.86. The summed E-state index contributed by atoms with van der Waals surface area (Å²) in [5.41, 5.74) is -2.27. The third kappa shape index (κ3) is 1.71. The lowest BCUT2D eigenvalue weighted by atomic mass is 10.0. The van der Waals surface area contributed by atoms with Gasteiger partial charge in [0.25, 0.3) is 0 Å². The first-order valence-electron chi connectivity index (χ1n) is 4.14. The lowest BCUT2D eigenvalue weighted by Gasteiger charge is -2.26. The van der Waals surface area contributed by atoms with Crippen molar-refractivity contribution in [1.82, 2.24) is 0 Å². The second kappa shape index (κ2) is 3.29. The van der Waals surface area contributed by atoms with Crippen LogP contribution in [-0.4, -0.2) is 30.1 Å². The fraction of sp³-hybridized carbons (Fsp3) is 0.556. The van der Waals surface area contributed by atoms with Gasteiger partial charge in [-0.1, -0.05) is 6.58 Å². The standard InChI is InChI=1S/C9H10F2O4/c1-5(2)6(12)15-8(3)4-14-7(13)9(8,10)11/h1,4H2,2-3H3. The molecule has 6 heteroatoms. The highest BCUT2D eigenvalue weighted by Gasteiger charge is 2.66. The SMILES string of the molecule is C=C(C)C(=O)OC1(C)COC(=O)C1(F)F. The number of hydrogen-bond donors (Lipinski definition) is 0. The Bertz CT molecular complexity index is 337. The number of ether oxygens (including phenoxy) is 2. The molecule has 0 bridgehead atoms. The monoisotopic (exact) mass is 220 g/mol. The van der Waals surface area contributed by atoms with Gasteiger partial charge in [0.2, 0.25) is 5.60 Å². The van der Waals surface area contributed by atoms with Crippen LogP contribution in [0.1, 0.15) is 13.8 Å². The summed E-state index contributed by atoms with van der Waals surface area (Å²) in [5.74, 6) is -6.48. The van der Waals surface area contributed by atoms with Gasteiger partial charge in [-0.15, -0.1) is 0 Å². The molecular weight excluding hydrogens is 210 g/mol. The van der Waals surface area contributed by atoms with Crippen molar-refractivity contribution in [3.8, 4) is 0 Å². The molecule has 0 aliphatic carbocycles. The van der Waals surface area contributed by atoms with Crippen LogP contribution in [-0.2, 0) is 19.1 Å². The van der Waals surface area contributed by atoms with Crippen LogP contribution in [0.15, 0.2) is 12.2 Å². The van der Waals surface area contributed by atoms with Crippen LogP contribution in [0.2, 0.25) is 0 Å². The average molecular weight is 220 g/mol. The predicted octanol–water partition coefficient (Wildman–Crippen LogP) is 1.06. The van der Waals surface area contributed by atoms with Crippen LogP contribution in [0, 0.1) is 0 Å². The summed E-state index contributed by atoms with van der Waals surface area (Å²) in [5, 5.41) is 0. The van der Waals surface area contributed by atoms with Crippen LogP contribution in [0.4, 0.5) is 8.78 Å². The Hall–Kier alpha value is -1.46. The number of rotatable bonds is 2. The zero-order chi connectivity index (χ0) is 11.9. The maximum Gasteiger partial charge on any atom is 0.384 e. The highest BCUT2D eigenvalue weighted by atomic mass is 19.3. The van der Waals surface area contributed by atoms with Crippen molar-refractivity contribution in [1.29, 1.82) is 0 Å². The molecule has 1 rings (SSSR count). The van der Waals surface area contributed by atoms with E-state index in [2.05, 4.69) is 16.1 Å². The Morgan fingerprint density at radius 3 is 2.47 bits per heavy atom. The zero-order valence-electron chi connectivity index (χ0n) is 8.30. The van der Waals surface area contributed by atoms with E-state index in [4.69, 9.17) is 0 Å². The second-order valence-corrected chi connectivity index (χ2v) is 3.55. The first-order chi connectivity index (χ1) is 6.71. The number of cyclic esters (lactones) is 1. The van der Waals surface area contributed by atoms with Gasteiger partial charge >= 0.3 is 17.9 Å². The zero-order valence-corrected chi connectivity index (χ0v) is 8.30. The second-order valence-electron chi connectivity index (χ2n) is 3.55. The third-order valence-corrected chi connectivity index (χ3v) is 2.07. The predicted molar refractivity (Wildman–Crippen MR) is 45.2 cm³/mol. The van der Waals surface area contributed by atoms with E-state index >= 15 is 0 Å². The van der Waals surface area contributed by atoms with Crippen molar-refractivity contribution in [2.45, 2.75) is 25.4 Å². The van der Waals surface area contributed by atoms with Crippen molar-refractivity contribution < 1.29 is 27.8 Å². The van der Waals surface area contributed by atoms with Crippen LogP contribution >= 0.6 is 0 Å². The van der Waals surface area contributed by atoms with Gasteiger partial charge in [0, 0.05) is 5.57 Å². The Labute approximate surface area is 84.8 Å². The van der Waals surface area contributed by atoms with Gasteiger partial charge in [-0.25, -0.2) is 9.59 Å². The van der Waals surface area contributed by atoms with E-state index in [-0.39, 0.29) is 5.57 Å². The molecule has 1 aliphatic heterocycles. The molecule has 0 aromatic carbocycles. The van der Waals surface area contributed by atoms with E-state index in [1.165, 1.54) is 6.92 Å². The minimum Gasteiger partial charge on any atom is -0.457 e. The maximum absolute atomic E-state index is 13.2. The Kier molecular flexibility index (Phi) is 2.54. The highest BCUT2D eigenvalue weighted by Crippen LogP contribution is 2.39. The number of carbonyl (C=O) groups is 2. The van der Waals surface area contributed by atoms with Crippen molar-refractivity contribution in [3.63, 3.8) is 0 Å². The first-order valence-corrected chi connectivity index (χ1v) is 4.14. The molecule has 15 heavy (non-hydrogen) atoms. The molecule has 1 atom stereocenters. The van der Waals surface area contributed by atoms with E-state index in [9.17, 15) is 18.4 Å². The summed E-state index contributed by atoms with van der Waals surface area (Å²) in [6, 6.07) is 0. The molecule has 1 fully saturated rings. The smallest absolute Gasteiger partial charge is 0.384 e. The fourth-order valence-electron chi connectivity index (χ4n) is 0.986. The van der Waals surface area contributed by atoms with Crippen LogP contribution in [0.25, 0.3) is 0 Å². The number of hydrogen-bond acceptors (Lipinski definition) is 4. The van der Waals surface area contributed by atoms with Gasteiger partial charge in [-0.05, 0) is 13.8 Å². The topological polar surface area (TPSA) is 52.6 Å². The van der Waals surface area contributed by atoms with Gasteiger partial charge in [0.15, 0.2) is 0 Å². The Morgan fingerprint density at radius 2 is 2.13 bits per heavy atom. The number of carbonyl (C=O) groups excluding carboxylic acids is 2. The molecule has 0 N–H and O–H groups in total. The molecule has 1 unspecified atom stereocenters. The lowest BCUT2D eigenvalue weighted by Crippen LogP contribution is -2.49. The summed E-state index contributed by atoms with van der Waals surface area (Å²) < 4.78 is 35.1. The van der Waals surface area contributed by atoms with Crippen LogP contribution < -0.4 is 0 Å². The molecule has 84 valence electrons. The van der Waals surface area contributed by atoms with E-state index in [0.29, 0.717) is 0 Å². The van der Waals surface area contributed by atoms with Crippen molar-refractivity contribution in [2.24, 2.45) is 0 Å². The molecule has 0 aromatic rings. The molecule has 1 aliphatic rings. The van der Waals surface area contributed by atoms with Gasteiger partial charge in [-0.3, -0.25) is 0 Å². The molecule has 0 aromatic heterocycles. The van der Waals surface area contributed by atoms with Gasteiger partial charge in [0.1, 0.15) is 6.61 Å². The van der Waals surface area contributed by atoms with E-state index in [1.807, 2.05) is 0 Å². The lowest BCUT2D eigenvalue weighted by molar-refractivity contribution is -0.190. The van der Waals surface area contributed by atoms with Gasteiger partial charge in [-0.2, -0.15) is 8.78 Å². The normalized spacial score (nSPS) is 28.4. The maximum atomic E-state index is 13.2. The average Bonchev–Trinajstić information content (AvgIpc) is 2.30. The molecule has 0 spiro atoms. The van der Waals surface area contributed by atoms with Crippen molar-refractivity contribution in [2.75, 3.05) is 6.61 Å². The van der Waals surface area contributed by atoms with Crippen LogP contribution in [0.5, 0.6) is 0 Å². The Balaban J connectivity index is 2.89. The minimum absolute atomic E-state index is 0.0219. The van der Waals surface area contributed by atoms with E-state index < -0.39 is 30.1 Å². The summed E-state index contributed by atoms with van der Waals surface area (Å²) >= 11 is 0. The highest BCUT2D eigenvalue weighted by molar-refractivity contribution is 5.89. The summed E-state index contributed by atoms with van der Waals surface area (Å²) in [7, 11) is 0. The van der Waals surface area contributed by atoms with Gasteiger partial charge < -0.3 is 9.47 Å². The minimum atomic E-state index is -3.82. The molecule has 1 heterocycles. The molecule has 0 saturated carbocycles. The number of alkyl halides is 2. The van der Waals surface area contributed by atoms with Crippen molar-refractivity contribution in [3.05, 3.63) is 12.2 Å². The molecule has 0 radical (unpaired) electrons. The summed E-state index contributed by atoms with van der Waals surface area (Å²) in [6.07, 6.45) is 0. The van der Waals surface area contributed by atoms with E-state index in [0.717, 1.165) is 6.92 Å². The number of halogens is 2. The first kappa shape index (κ1) is 11.6. The van der Waals surface area contributed by atoms with Gasteiger partial charge in [0.05, 0.1) is 0 Å². The molecule has 0 amide bonds. The van der Waals surface area contributed by atoms with Crippen molar-refractivity contribution >= 4 is 11.9 Å².